The van der Waals surface area contributed by atoms with Crippen molar-refractivity contribution in [3.63, 3.8) is 0 Å². The molecule has 20 heavy (non-hydrogen) atoms. The monoisotopic (exact) mass is 292 g/mol. The SMILES string of the molecule is Cc1ccc(Cl)cc1N1C(=O)NC(=O)C2(CCC2)C1=O. The summed E-state index contributed by atoms with van der Waals surface area (Å²) >= 11 is 5.94. The molecule has 3 rings (SSSR count). The summed E-state index contributed by atoms with van der Waals surface area (Å²) in [4.78, 5) is 37.6. The average Bonchev–Trinajstić information content (AvgIpc) is 2.31. The molecular formula is C14H13ClN2O3. The number of imide groups is 2. The van der Waals surface area contributed by atoms with Crippen LogP contribution in [-0.2, 0) is 9.59 Å². The van der Waals surface area contributed by atoms with Crippen LogP contribution < -0.4 is 10.2 Å². The largest absolute Gasteiger partial charge is 0.335 e. The molecule has 0 aromatic heterocycles. The number of nitrogens with one attached hydrogen (secondary N) is 1. The molecule has 4 amide bonds. The fourth-order valence-corrected chi connectivity index (χ4v) is 2.86. The molecule has 1 saturated carbocycles. The number of nitrogens with zero attached hydrogens (tertiary/aromatic N) is 1. The fourth-order valence-electron chi connectivity index (χ4n) is 2.69. The molecule has 1 saturated heterocycles. The summed E-state index contributed by atoms with van der Waals surface area (Å²) in [6.07, 6.45) is 1.79. The van der Waals surface area contributed by atoms with E-state index in [2.05, 4.69) is 5.32 Å². The first-order valence-corrected chi connectivity index (χ1v) is 6.80. The lowest BCUT2D eigenvalue weighted by atomic mass is 9.66. The summed E-state index contributed by atoms with van der Waals surface area (Å²) in [5.74, 6) is -0.919. The van der Waals surface area contributed by atoms with Gasteiger partial charge in [-0.3, -0.25) is 14.9 Å². The molecule has 1 aromatic rings. The summed E-state index contributed by atoms with van der Waals surface area (Å²) in [6, 6.07) is 4.29. The highest BCUT2D eigenvalue weighted by Crippen LogP contribution is 2.45. The van der Waals surface area contributed by atoms with Crippen LogP contribution in [0.1, 0.15) is 24.8 Å². The molecule has 1 aromatic carbocycles. The normalized spacial score (nSPS) is 20.9. The molecule has 2 fully saturated rings. The molecule has 5 nitrogen and oxygen atoms in total. The molecule has 104 valence electrons. The van der Waals surface area contributed by atoms with Crippen molar-refractivity contribution in [2.24, 2.45) is 5.41 Å². The molecule has 0 atom stereocenters. The molecule has 1 aliphatic carbocycles. The minimum Gasteiger partial charge on any atom is -0.276 e. The van der Waals surface area contributed by atoms with E-state index in [-0.39, 0.29) is 0 Å². The molecule has 1 N–H and O–H groups in total. The van der Waals surface area contributed by atoms with Crippen molar-refractivity contribution in [1.82, 2.24) is 5.32 Å². The van der Waals surface area contributed by atoms with E-state index < -0.39 is 23.3 Å². The van der Waals surface area contributed by atoms with Gasteiger partial charge in [0, 0.05) is 5.02 Å². The minimum absolute atomic E-state index is 0.429. The van der Waals surface area contributed by atoms with E-state index in [0.29, 0.717) is 23.6 Å². The quantitative estimate of drug-likeness (QED) is 0.808. The van der Waals surface area contributed by atoms with E-state index >= 15 is 0 Å². The number of aryl methyl sites for hydroxylation is 1. The highest BCUT2D eigenvalue weighted by atomic mass is 35.5. The van der Waals surface area contributed by atoms with Gasteiger partial charge in [-0.05, 0) is 37.5 Å². The van der Waals surface area contributed by atoms with E-state index in [1.807, 2.05) is 0 Å². The third-order valence-electron chi connectivity index (χ3n) is 4.09. The van der Waals surface area contributed by atoms with Crippen molar-refractivity contribution in [3.05, 3.63) is 28.8 Å². The van der Waals surface area contributed by atoms with Gasteiger partial charge in [0.15, 0.2) is 0 Å². The first kappa shape index (κ1) is 13.1. The van der Waals surface area contributed by atoms with E-state index in [1.54, 1.807) is 25.1 Å². The molecule has 0 radical (unpaired) electrons. The van der Waals surface area contributed by atoms with Crippen molar-refractivity contribution in [3.8, 4) is 0 Å². The Hall–Kier alpha value is -1.88. The minimum atomic E-state index is -1.07. The smallest absolute Gasteiger partial charge is 0.276 e. The lowest BCUT2D eigenvalue weighted by Crippen LogP contribution is -2.66. The van der Waals surface area contributed by atoms with Crippen LogP contribution in [0.4, 0.5) is 10.5 Å². The maximum Gasteiger partial charge on any atom is 0.335 e. The molecular weight excluding hydrogens is 280 g/mol. The van der Waals surface area contributed by atoms with E-state index in [4.69, 9.17) is 11.6 Å². The van der Waals surface area contributed by atoms with Crippen LogP contribution in [-0.4, -0.2) is 17.8 Å². The van der Waals surface area contributed by atoms with Crippen molar-refractivity contribution in [2.45, 2.75) is 26.2 Å². The number of hydrogen-bond donors (Lipinski definition) is 1. The maximum absolute atomic E-state index is 12.6. The Morgan fingerprint density at radius 2 is 1.95 bits per heavy atom. The van der Waals surface area contributed by atoms with Crippen LogP contribution in [0.15, 0.2) is 18.2 Å². The van der Waals surface area contributed by atoms with Gasteiger partial charge in [-0.2, -0.15) is 0 Å². The predicted molar refractivity (Wildman–Crippen MR) is 73.5 cm³/mol. The molecule has 6 heteroatoms. The Morgan fingerprint density at radius 3 is 2.55 bits per heavy atom. The van der Waals surface area contributed by atoms with Crippen molar-refractivity contribution < 1.29 is 14.4 Å². The number of amides is 4. The Morgan fingerprint density at radius 1 is 1.25 bits per heavy atom. The highest BCUT2D eigenvalue weighted by molar-refractivity contribution is 6.33. The fraction of sp³-hybridized carbons (Fsp3) is 0.357. The highest BCUT2D eigenvalue weighted by Gasteiger charge is 2.57. The number of rotatable bonds is 1. The van der Waals surface area contributed by atoms with Crippen LogP contribution >= 0.6 is 11.6 Å². The molecule has 1 heterocycles. The number of carbonyl (C=O) groups is 3. The lowest BCUT2D eigenvalue weighted by Gasteiger charge is -2.44. The Bertz CT molecular complexity index is 637. The van der Waals surface area contributed by atoms with Crippen molar-refractivity contribution >= 4 is 35.1 Å². The van der Waals surface area contributed by atoms with Crippen molar-refractivity contribution in [2.75, 3.05) is 4.90 Å². The first-order chi connectivity index (χ1) is 9.45. The van der Waals surface area contributed by atoms with Crippen LogP contribution in [0, 0.1) is 12.3 Å². The summed E-state index contributed by atoms with van der Waals surface area (Å²) < 4.78 is 0. The van der Waals surface area contributed by atoms with Gasteiger partial charge in [0.2, 0.25) is 5.91 Å². The lowest BCUT2D eigenvalue weighted by molar-refractivity contribution is -0.148. The van der Waals surface area contributed by atoms with Gasteiger partial charge in [-0.1, -0.05) is 24.1 Å². The molecule has 0 bridgehead atoms. The summed E-state index contributed by atoms with van der Waals surface area (Å²) in [5, 5.41) is 2.72. The number of anilines is 1. The van der Waals surface area contributed by atoms with Gasteiger partial charge in [-0.25, -0.2) is 9.69 Å². The number of halogens is 1. The summed E-state index contributed by atoms with van der Waals surface area (Å²) in [6.45, 7) is 1.79. The zero-order chi connectivity index (χ0) is 14.5. The third kappa shape index (κ3) is 1.66. The number of urea groups is 1. The standard InChI is InChI=1S/C14H13ClN2O3/c1-8-3-4-9(15)7-10(8)17-12(19)14(5-2-6-14)11(18)16-13(17)20/h3-4,7H,2,5-6H2,1H3,(H,16,18,20). The predicted octanol–water partition coefficient (Wildman–Crippen LogP) is 2.40. The summed E-state index contributed by atoms with van der Waals surface area (Å²) in [5.41, 5.74) is 0.114. The summed E-state index contributed by atoms with van der Waals surface area (Å²) in [7, 11) is 0. The van der Waals surface area contributed by atoms with Crippen LogP contribution in [0.3, 0.4) is 0 Å². The van der Waals surface area contributed by atoms with E-state index in [0.717, 1.165) is 16.9 Å². The van der Waals surface area contributed by atoms with Crippen molar-refractivity contribution in [1.29, 1.82) is 0 Å². The Kier molecular flexibility index (Phi) is 2.83. The second-order valence-electron chi connectivity index (χ2n) is 5.27. The van der Waals surface area contributed by atoms with E-state index in [1.165, 1.54) is 0 Å². The van der Waals surface area contributed by atoms with Gasteiger partial charge in [0.25, 0.3) is 5.91 Å². The van der Waals surface area contributed by atoms with Gasteiger partial charge in [0.05, 0.1) is 5.69 Å². The second kappa shape index (κ2) is 4.31. The maximum atomic E-state index is 12.6. The Balaban J connectivity index is 2.08. The van der Waals surface area contributed by atoms with Crippen LogP contribution in [0.5, 0.6) is 0 Å². The van der Waals surface area contributed by atoms with Crippen LogP contribution in [0.2, 0.25) is 5.02 Å². The average molecular weight is 293 g/mol. The van der Waals surface area contributed by atoms with Gasteiger partial charge in [0.1, 0.15) is 5.41 Å². The number of hydrogen-bond acceptors (Lipinski definition) is 3. The second-order valence-corrected chi connectivity index (χ2v) is 5.70. The molecule has 2 aliphatic rings. The number of benzene rings is 1. The number of barbiturate groups is 1. The molecule has 1 spiro atoms. The molecule has 0 unspecified atom stereocenters. The Labute approximate surface area is 120 Å². The molecule has 1 aliphatic heterocycles. The van der Waals surface area contributed by atoms with E-state index in [9.17, 15) is 14.4 Å². The van der Waals surface area contributed by atoms with Gasteiger partial charge < -0.3 is 0 Å². The number of carbonyl (C=O) groups excluding carboxylic acids is 3. The zero-order valence-corrected chi connectivity index (χ0v) is 11.7. The third-order valence-corrected chi connectivity index (χ3v) is 4.32. The van der Waals surface area contributed by atoms with Gasteiger partial charge in [-0.15, -0.1) is 0 Å². The van der Waals surface area contributed by atoms with Gasteiger partial charge >= 0.3 is 6.03 Å². The van der Waals surface area contributed by atoms with Crippen LogP contribution in [0.25, 0.3) is 0 Å². The zero-order valence-electron chi connectivity index (χ0n) is 10.9. The first-order valence-electron chi connectivity index (χ1n) is 6.42. The topological polar surface area (TPSA) is 66.5 Å².